The molecule has 0 spiro atoms. The Labute approximate surface area is 198 Å². The van der Waals surface area contributed by atoms with Gasteiger partial charge in [0.2, 0.25) is 0 Å². The van der Waals surface area contributed by atoms with Crippen molar-refractivity contribution in [2.45, 2.75) is 59.4 Å². The molecule has 2 heterocycles. The number of unbranched alkanes of at least 4 members (excludes halogenated alkanes) is 1. The first-order valence-electron chi connectivity index (χ1n) is 11.2. The molecule has 1 aliphatic rings. The van der Waals surface area contributed by atoms with Crippen molar-refractivity contribution in [1.82, 2.24) is 4.98 Å². The Morgan fingerprint density at radius 1 is 1.34 bits per heavy atom. The summed E-state index contributed by atoms with van der Waals surface area (Å²) in [7, 11) is 0. The molecule has 0 radical (unpaired) electrons. The highest BCUT2D eigenvalue weighted by Crippen LogP contribution is 2.37. The number of allylic oxidation sites excluding steroid dienone is 1. The minimum Gasteiger partial charge on any atom is -0.492 e. The van der Waals surface area contributed by atoms with Gasteiger partial charge in [-0.3, -0.25) is 9.79 Å². The number of hydrogen-bond acceptors (Lipinski definition) is 5. The average Bonchev–Trinajstić information content (AvgIpc) is 3.30. The Balaban J connectivity index is 1.65. The molecule has 1 amide bonds. The van der Waals surface area contributed by atoms with Crippen LogP contribution in [0.15, 0.2) is 51.7 Å². The van der Waals surface area contributed by atoms with E-state index in [2.05, 4.69) is 50.4 Å². The zero-order valence-corrected chi connectivity index (χ0v) is 20.6. The Morgan fingerprint density at radius 3 is 2.94 bits per heavy atom. The first kappa shape index (κ1) is 24.0. The van der Waals surface area contributed by atoms with Crippen LogP contribution >= 0.6 is 15.9 Å². The largest absolute Gasteiger partial charge is 0.492 e. The number of nitrogens with zero attached hydrogens (tertiary/aromatic N) is 2. The van der Waals surface area contributed by atoms with Gasteiger partial charge in [-0.05, 0) is 59.8 Å². The van der Waals surface area contributed by atoms with E-state index in [9.17, 15) is 4.79 Å². The van der Waals surface area contributed by atoms with Gasteiger partial charge in [0.15, 0.2) is 0 Å². The number of nitrogens with one attached hydrogen (secondary N) is 2. The van der Waals surface area contributed by atoms with Gasteiger partial charge in [0.1, 0.15) is 17.3 Å². The van der Waals surface area contributed by atoms with Gasteiger partial charge in [-0.2, -0.15) is 0 Å². The van der Waals surface area contributed by atoms with E-state index in [0.29, 0.717) is 18.8 Å². The molecule has 0 saturated heterocycles. The summed E-state index contributed by atoms with van der Waals surface area (Å²) in [5.74, 6) is 1.51. The van der Waals surface area contributed by atoms with Crippen molar-refractivity contribution < 1.29 is 9.53 Å². The van der Waals surface area contributed by atoms with E-state index < -0.39 is 0 Å². The molecule has 3 rings (SSSR count). The number of ether oxygens (including phenoxy) is 1. The minimum atomic E-state index is -0.190. The van der Waals surface area contributed by atoms with Crippen molar-refractivity contribution in [2.24, 2.45) is 4.99 Å². The lowest BCUT2D eigenvalue weighted by molar-refractivity contribution is -0.112. The van der Waals surface area contributed by atoms with E-state index >= 15 is 0 Å². The van der Waals surface area contributed by atoms with Crippen LogP contribution in [0.5, 0.6) is 5.75 Å². The molecule has 0 atom stereocenters. The van der Waals surface area contributed by atoms with E-state index in [1.807, 2.05) is 31.2 Å². The number of pyridine rings is 1. The normalized spacial score (nSPS) is 13.5. The van der Waals surface area contributed by atoms with Crippen LogP contribution in [0.3, 0.4) is 0 Å². The molecule has 0 aliphatic carbocycles. The summed E-state index contributed by atoms with van der Waals surface area (Å²) in [5, 5.41) is 6.38. The van der Waals surface area contributed by atoms with Gasteiger partial charge in [-0.15, -0.1) is 0 Å². The summed E-state index contributed by atoms with van der Waals surface area (Å²) in [6, 6.07) is 7.81. The second kappa shape index (κ2) is 11.8. The number of hydrogen-bond donors (Lipinski definition) is 2. The lowest BCUT2D eigenvalue weighted by Gasteiger charge is -2.12. The maximum Gasteiger partial charge on any atom is 0.273 e. The zero-order valence-electron chi connectivity index (χ0n) is 19.0. The fraction of sp³-hybridized carbons (Fsp3) is 0.400. The molecular weight excluding hydrogens is 468 g/mol. The van der Waals surface area contributed by atoms with Crippen LogP contribution in [0.1, 0.15) is 57.6 Å². The minimum absolute atomic E-state index is 0.190. The van der Waals surface area contributed by atoms with Crippen LogP contribution in [0.2, 0.25) is 0 Å². The van der Waals surface area contributed by atoms with Crippen molar-refractivity contribution in [3.05, 3.63) is 57.8 Å². The number of aromatic nitrogens is 1. The molecule has 2 aromatic rings. The van der Waals surface area contributed by atoms with Crippen LogP contribution in [-0.2, 0) is 17.8 Å². The van der Waals surface area contributed by atoms with Gasteiger partial charge < -0.3 is 15.4 Å². The standard InChI is InChI=1S/C25H31BrN4O2/c1-4-7-10-18(5-2)29-22(6-3)25(31)30-19-11-8-9-17(14-19)15-27-24-20-12-13-32-23(20)21(26)16-28-24/h6,8-9,11,14,16H,4-5,7,10,12-13,15H2,1-3H3,(H,27,28)(H,30,31)/b22-6-,29-18+. The van der Waals surface area contributed by atoms with Crippen LogP contribution in [0.4, 0.5) is 11.5 Å². The summed E-state index contributed by atoms with van der Waals surface area (Å²) >= 11 is 3.49. The monoisotopic (exact) mass is 498 g/mol. The number of rotatable bonds is 10. The molecule has 7 heteroatoms. The van der Waals surface area contributed by atoms with Crippen LogP contribution < -0.4 is 15.4 Å². The Hall–Kier alpha value is -2.67. The number of benzene rings is 1. The molecule has 6 nitrogen and oxygen atoms in total. The highest BCUT2D eigenvalue weighted by atomic mass is 79.9. The van der Waals surface area contributed by atoms with Crippen molar-refractivity contribution in [3.8, 4) is 5.75 Å². The molecule has 2 N–H and O–H groups in total. The molecule has 0 fully saturated rings. The smallest absolute Gasteiger partial charge is 0.273 e. The average molecular weight is 499 g/mol. The summed E-state index contributed by atoms with van der Waals surface area (Å²) in [6.07, 6.45) is 8.34. The molecule has 170 valence electrons. The number of anilines is 2. The van der Waals surface area contributed by atoms with Crippen molar-refractivity contribution in [2.75, 3.05) is 17.2 Å². The molecule has 1 aromatic carbocycles. The van der Waals surface area contributed by atoms with Crippen molar-refractivity contribution in [1.29, 1.82) is 0 Å². The second-order valence-corrected chi connectivity index (χ2v) is 8.53. The maximum atomic E-state index is 12.8. The number of amides is 1. The molecule has 1 aliphatic heterocycles. The number of carbonyl (C=O) groups is 1. The van der Waals surface area contributed by atoms with E-state index in [4.69, 9.17) is 4.74 Å². The number of fused-ring (bicyclic) bond motifs is 1. The molecule has 0 unspecified atom stereocenters. The van der Waals surface area contributed by atoms with E-state index in [1.165, 1.54) is 0 Å². The van der Waals surface area contributed by atoms with Crippen LogP contribution in [0, 0.1) is 0 Å². The predicted octanol–water partition coefficient (Wildman–Crippen LogP) is 6.27. The Bertz CT molecular complexity index is 1020. The first-order chi connectivity index (χ1) is 15.5. The fourth-order valence-corrected chi connectivity index (χ4v) is 4.01. The third-order valence-electron chi connectivity index (χ3n) is 5.34. The lowest BCUT2D eigenvalue weighted by atomic mass is 10.1. The number of halogens is 1. The van der Waals surface area contributed by atoms with Gasteiger partial charge in [0.05, 0.1) is 11.1 Å². The predicted molar refractivity (Wildman–Crippen MR) is 135 cm³/mol. The Morgan fingerprint density at radius 2 is 2.19 bits per heavy atom. The maximum absolute atomic E-state index is 12.8. The first-order valence-corrected chi connectivity index (χ1v) is 12.0. The summed E-state index contributed by atoms with van der Waals surface area (Å²) in [5.41, 5.74) is 4.40. The summed E-state index contributed by atoms with van der Waals surface area (Å²) in [6.45, 7) is 7.35. The molecule has 1 aromatic heterocycles. The lowest BCUT2D eigenvalue weighted by Crippen LogP contribution is -2.15. The molecule has 0 saturated carbocycles. The van der Waals surface area contributed by atoms with Gasteiger partial charge in [0, 0.05) is 36.1 Å². The van der Waals surface area contributed by atoms with Crippen LogP contribution in [0.25, 0.3) is 0 Å². The third kappa shape index (κ3) is 6.19. The zero-order chi connectivity index (χ0) is 22.9. The second-order valence-electron chi connectivity index (χ2n) is 7.68. The summed E-state index contributed by atoms with van der Waals surface area (Å²) < 4.78 is 6.56. The topological polar surface area (TPSA) is 75.6 Å². The Kier molecular flexibility index (Phi) is 8.85. The van der Waals surface area contributed by atoms with E-state index in [1.54, 1.807) is 12.3 Å². The van der Waals surface area contributed by atoms with E-state index in [-0.39, 0.29) is 5.91 Å². The van der Waals surface area contributed by atoms with Gasteiger partial charge >= 0.3 is 0 Å². The third-order valence-corrected chi connectivity index (χ3v) is 5.90. The molecule has 32 heavy (non-hydrogen) atoms. The number of carbonyl (C=O) groups excluding carboxylic acids is 1. The highest BCUT2D eigenvalue weighted by Gasteiger charge is 2.20. The van der Waals surface area contributed by atoms with Crippen molar-refractivity contribution >= 4 is 39.1 Å². The number of aliphatic imine (C=N–C) groups is 1. The van der Waals surface area contributed by atoms with Gasteiger partial charge in [-0.1, -0.05) is 38.5 Å². The van der Waals surface area contributed by atoms with Crippen molar-refractivity contribution in [3.63, 3.8) is 0 Å². The SMILES string of the molecule is C/C=C(\N=C(/CC)CCCC)C(=O)Nc1cccc(CNc2ncc(Br)c3c2CCO3)c1. The van der Waals surface area contributed by atoms with Gasteiger partial charge in [-0.25, -0.2) is 4.98 Å². The summed E-state index contributed by atoms with van der Waals surface area (Å²) in [4.78, 5) is 21.9. The quantitative estimate of drug-likeness (QED) is 0.298. The molecular formula is C25H31BrN4O2. The van der Waals surface area contributed by atoms with Gasteiger partial charge in [0.25, 0.3) is 5.91 Å². The van der Waals surface area contributed by atoms with E-state index in [0.717, 1.165) is 70.7 Å². The molecule has 0 bridgehead atoms. The highest BCUT2D eigenvalue weighted by molar-refractivity contribution is 9.10. The van der Waals surface area contributed by atoms with Crippen LogP contribution in [-0.4, -0.2) is 23.2 Å². The fourth-order valence-electron chi connectivity index (χ4n) is 3.55.